The Balaban J connectivity index is 1.79. The van der Waals surface area contributed by atoms with Gasteiger partial charge in [0.15, 0.2) is 0 Å². The minimum absolute atomic E-state index is 0.220. The summed E-state index contributed by atoms with van der Waals surface area (Å²) in [6, 6.07) is 4.23. The first-order valence-corrected chi connectivity index (χ1v) is 10.3. The third-order valence-electron chi connectivity index (χ3n) is 5.72. The molecule has 0 radical (unpaired) electrons. The first-order valence-electron chi connectivity index (χ1n) is 10.3. The number of fused-ring (bicyclic) bond motifs is 3. The smallest absolute Gasteiger partial charge is 0.264 e. The predicted molar refractivity (Wildman–Crippen MR) is 120 cm³/mol. The van der Waals surface area contributed by atoms with E-state index >= 15 is 0 Å². The van der Waals surface area contributed by atoms with E-state index in [4.69, 9.17) is 4.98 Å². The monoisotopic (exact) mass is 412 g/mol. The SMILES string of the molecule is C=C/C=C\C=C(/C)NC(=C)N1c2nc(C(=C)NCC(F)(F)CC)ccc2C2CCC21. The lowest BCUT2D eigenvalue weighted by atomic mass is 9.78. The van der Waals surface area contributed by atoms with Crippen molar-refractivity contribution in [1.82, 2.24) is 15.6 Å². The highest BCUT2D eigenvalue weighted by Gasteiger charge is 2.46. The zero-order valence-electron chi connectivity index (χ0n) is 17.7. The van der Waals surface area contributed by atoms with Gasteiger partial charge in [-0.3, -0.25) is 0 Å². The van der Waals surface area contributed by atoms with E-state index in [2.05, 4.69) is 35.3 Å². The molecule has 0 aromatic carbocycles. The first kappa shape index (κ1) is 21.8. The van der Waals surface area contributed by atoms with E-state index in [9.17, 15) is 8.78 Å². The van der Waals surface area contributed by atoms with Gasteiger partial charge in [0.25, 0.3) is 5.92 Å². The van der Waals surface area contributed by atoms with E-state index in [0.29, 0.717) is 23.4 Å². The van der Waals surface area contributed by atoms with Crippen molar-refractivity contribution in [3.8, 4) is 0 Å². The minimum Gasteiger partial charge on any atom is -0.378 e. The number of aromatic nitrogens is 1. The van der Waals surface area contributed by atoms with Crippen LogP contribution < -0.4 is 15.5 Å². The van der Waals surface area contributed by atoms with E-state index in [-0.39, 0.29) is 6.42 Å². The lowest BCUT2D eigenvalue weighted by Crippen LogP contribution is -2.42. The quantitative estimate of drug-likeness (QED) is 0.501. The molecule has 6 heteroatoms. The summed E-state index contributed by atoms with van der Waals surface area (Å²) in [6.07, 6.45) is 9.39. The number of nitrogens with zero attached hydrogens (tertiary/aromatic N) is 2. The second-order valence-corrected chi connectivity index (χ2v) is 7.81. The number of hydrogen-bond donors (Lipinski definition) is 2. The Hall–Kier alpha value is -2.89. The number of rotatable bonds is 10. The highest BCUT2D eigenvalue weighted by Crippen LogP contribution is 2.52. The fourth-order valence-electron chi connectivity index (χ4n) is 3.81. The molecular weight excluding hydrogens is 382 g/mol. The van der Waals surface area contributed by atoms with Gasteiger partial charge in [-0.1, -0.05) is 51.0 Å². The van der Waals surface area contributed by atoms with Gasteiger partial charge in [-0.05, 0) is 31.9 Å². The van der Waals surface area contributed by atoms with Crippen LogP contribution >= 0.6 is 0 Å². The number of allylic oxidation sites excluding steroid dienone is 5. The Morgan fingerprint density at radius 3 is 2.70 bits per heavy atom. The maximum atomic E-state index is 13.6. The van der Waals surface area contributed by atoms with Crippen molar-refractivity contribution in [3.63, 3.8) is 0 Å². The molecule has 1 aliphatic carbocycles. The Bertz CT molecular complexity index is 900. The van der Waals surface area contributed by atoms with Crippen molar-refractivity contribution in [1.29, 1.82) is 0 Å². The molecule has 2 unspecified atom stereocenters. The molecule has 1 aromatic heterocycles. The number of anilines is 1. The lowest BCUT2D eigenvalue weighted by Gasteiger charge is -2.38. The summed E-state index contributed by atoms with van der Waals surface area (Å²) < 4.78 is 27.2. The van der Waals surface area contributed by atoms with Crippen molar-refractivity contribution >= 4 is 11.5 Å². The number of halogens is 2. The molecule has 0 saturated heterocycles. The molecule has 0 amide bonds. The Labute approximate surface area is 177 Å². The standard InChI is InChI=1S/C24H30F2N4/c1-6-8-9-10-16(3)28-18(5)30-22-14-12-19(22)20-11-13-21(29-23(20)30)17(4)27-15-24(25,26)7-2/h6,8-11,13,19,22,27-28H,1,4-5,7,12,14-15H2,2-3H3/b9-8-,16-10+. The third kappa shape index (κ3) is 4.48. The molecule has 2 aliphatic rings. The molecule has 1 aromatic rings. The minimum atomic E-state index is -2.77. The van der Waals surface area contributed by atoms with Gasteiger partial charge < -0.3 is 15.5 Å². The number of nitrogens with one attached hydrogen (secondary N) is 2. The average molecular weight is 413 g/mol. The van der Waals surface area contributed by atoms with Crippen LogP contribution in [0.15, 0.2) is 67.7 Å². The molecule has 2 heterocycles. The van der Waals surface area contributed by atoms with Crippen molar-refractivity contribution in [2.24, 2.45) is 0 Å². The van der Waals surface area contributed by atoms with Crippen LogP contribution in [0.3, 0.4) is 0 Å². The van der Waals surface area contributed by atoms with E-state index in [1.807, 2.05) is 37.3 Å². The summed E-state index contributed by atoms with van der Waals surface area (Å²) in [4.78, 5) is 6.91. The summed E-state index contributed by atoms with van der Waals surface area (Å²) in [5.74, 6) is -0.759. The predicted octanol–water partition coefficient (Wildman–Crippen LogP) is 5.46. The van der Waals surface area contributed by atoms with E-state index in [0.717, 1.165) is 30.2 Å². The summed E-state index contributed by atoms with van der Waals surface area (Å²) in [6.45, 7) is 14.8. The topological polar surface area (TPSA) is 40.2 Å². The third-order valence-corrected chi connectivity index (χ3v) is 5.72. The number of hydrogen-bond acceptors (Lipinski definition) is 4. The van der Waals surface area contributed by atoms with Crippen LogP contribution in [-0.4, -0.2) is 23.5 Å². The zero-order chi connectivity index (χ0) is 21.9. The van der Waals surface area contributed by atoms with Crippen molar-refractivity contribution in [2.75, 3.05) is 11.4 Å². The molecule has 1 aliphatic heterocycles. The van der Waals surface area contributed by atoms with Crippen LogP contribution in [0.4, 0.5) is 14.6 Å². The van der Waals surface area contributed by atoms with Gasteiger partial charge >= 0.3 is 0 Å². The van der Waals surface area contributed by atoms with Gasteiger partial charge in [0, 0.05) is 29.6 Å². The van der Waals surface area contributed by atoms with Crippen LogP contribution in [0.5, 0.6) is 0 Å². The number of pyridine rings is 1. The van der Waals surface area contributed by atoms with Crippen LogP contribution in [-0.2, 0) is 0 Å². The molecule has 2 atom stereocenters. The fourth-order valence-corrected chi connectivity index (χ4v) is 3.81. The molecule has 2 N–H and O–H groups in total. The summed E-state index contributed by atoms with van der Waals surface area (Å²) in [7, 11) is 0. The van der Waals surface area contributed by atoms with Gasteiger partial charge in [-0.25, -0.2) is 13.8 Å². The van der Waals surface area contributed by atoms with Crippen LogP contribution in [0.25, 0.3) is 5.70 Å². The lowest BCUT2D eigenvalue weighted by molar-refractivity contribution is 0.00210. The maximum Gasteiger partial charge on any atom is 0.264 e. The highest BCUT2D eigenvalue weighted by atomic mass is 19.3. The van der Waals surface area contributed by atoms with Crippen LogP contribution in [0.1, 0.15) is 50.3 Å². The van der Waals surface area contributed by atoms with E-state index in [1.54, 1.807) is 6.08 Å². The van der Waals surface area contributed by atoms with E-state index < -0.39 is 12.5 Å². The molecular formula is C24H30F2N4. The molecule has 0 bridgehead atoms. The molecule has 30 heavy (non-hydrogen) atoms. The summed E-state index contributed by atoms with van der Waals surface area (Å²) in [5.41, 5.74) is 3.10. The zero-order valence-corrected chi connectivity index (χ0v) is 17.7. The Morgan fingerprint density at radius 1 is 1.30 bits per heavy atom. The average Bonchev–Trinajstić information content (AvgIpc) is 2.91. The maximum absolute atomic E-state index is 13.6. The van der Waals surface area contributed by atoms with Crippen LogP contribution in [0, 0.1) is 0 Å². The van der Waals surface area contributed by atoms with Crippen molar-refractivity contribution < 1.29 is 8.78 Å². The Morgan fingerprint density at radius 2 is 2.07 bits per heavy atom. The van der Waals surface area contributed by atoms with Crippen LogP contribution in [0.2, 0.25) is 0 Å². The second kappa shape index (κ2) is 8.86. The molecule has 0 spiro atoms. The molecule has 1 saturated carbocycles. The first-order chi connectivity index (χ1) is 14.3. The van der Waals surface area contributed by atoms with E-state index in [1.165, 1.54) is 12.5 Å². The van der Waals surface area contributed by atoms with Gasteiger partial charge in [0.2, 0.25) is 0 Å². The number of alkyl halides is 2. The van der Waals surface area contributed by atoms with Crippen molar-refractivity contribution in [2.45, 2.75) is 51.0 Å². The normalized spacial score (nSPS) is 20.4. The summed E-state index contributed by atoms with van der Waals surface area (Å²) in [5, 5.41) is 6.07. The molecule has 3 rings (SSSR count). The summed E-state index contributed by atoms with van der Waals surface area (Å²) >= 11 is 0. The highest BCUT2D eigenvalue weighted by molar-refractivity contribution is 5.68. The molecule has 160 valence electrons. The largest absolute Gasteiger partial charge is 0.378 e. The van der Waals surface area contributed by atoms with Gasteiger partial charge in [-0.15, -0.1) is 0 Å². The van der Waals surface area contributed by atoms with Gasteiger partial charge in [0.1, 0.15) is 11.6 Å². The molecule has 1 fully saturated rings. The van der Waals surface area contributed by atoms with Gasteiger partial charge in [0.05, 0.1) is 17.9 Å². The second-order valence-electron chi connectivity index (χ2n) is 7.81. The fraction of sp³-hybridized carbons (Fsp3) is 0.375. The molecule has 4 nitrogen and oxygen atoms in total. The van der Waals surface area contributed by atoms with Gasteiger partial charge in [-0.2, -0.15) is 0 Å². The van der Waals surface area contributed by atoms with Crippen molar-refractivity contribution in [3.05, 3.63) is 78.9 Å². The Kier molecular flexibility index (Phi) is 6.44.